The Bertz CT molecular complexity index is 596. The normalized spacial score (nSPS) is 12.6. The van der Waals surface area contributed by atoms with Crippen LogP contribution in [0.1, 0.15) is 24.8 Å². The van der Waals surface area contributed by atoms with Crippen LogP contribution in [0, 0.1) is 0 Å². The van der Waals surface area contributed by atoms with Crippen LogP contribution in [0.15, 0.2) is 21.3 Å². The molecule has 1 unspecified atom stereocenters. The molecule has 2 aromatic rings. The standard InChI is InChI=1S/C12H12O4S/c1-7(3-4-13)8-5-9(15-2)11-10(6-8)17-12(14)16-11/h4-7H,3H2,1-2H3. The fourth-order valence-corrected chi connectivity index (χ4v) is 2.42. The summed E-state index contributed by atoms with van der Waals surface area (Å²) in [5, 5.41) is 0. The fraction of sp³-hybridized carbons (Fsp3) is 0.333. The van der Waals surface area contributed by atoms with Gasteiger partial charge in [-0.1, -0.05) is 18.3 Å². The van der Waals surface area contributed by atoms with Crippen molar-refractivity contribution in [2.24, 2.45) is 0 Å². The zero-order valence-electron chi connectivity index (χ0n) is 9.56. The minimum atomic E-state index is -0.349. The second-order valence-corrected chi connectivity index (χ2v) is 4.79. The Kier molecular flexibility index (Phi) is 3.28. The van der Waals surface area contributed by atoms with Gasteiger partial charge in [-0.15, -0.1) is 0 Å². The molecule has 0 aliphatic heterocycles. The highest BCUT2D eigenvalue weighted by Gasteiger charge is 2.14. The Hall–Kier alpha value is -1.62. The quantitative estimate of drug-likeness (QED) is 0.785. The molecule has 4 nitrogen and oxygen atoms in total. The number of rotatable bonds is 4. The number of aldehydes is 1. The molecule has 0 amide bonds. The van der Waals surface area contributed by atoms with Gasteiger partial charge in [0.05, 0.1) is 11.8 Å². The number of ether oxygens (including phenoxy) is 1. The average Bonchev–Trinajstić information content (AvgIpc) is 2.68. The van der Waals surface area contributed by atoms with Crippen molar-refractivity contribution in [1.29, 1.82) is 0 Å². The molecular formula is C12H12O4S. The minimum absolute atomic E-state index is 0.100. The van der Waals surface area contributed by atoms with Crippen LogP contribution in [0.25, 0.3) is 10.3 Å². The molecule has 0 aliphatic carbocycles. The topological polar surface area (TPSA) is 56.5 Å². The largest absolute Gasteiger partial charge is 0.493 e. The van der Waals surface area contributed by atoms with E-state index in [2.05, 4.69) is 0 Å². The first-order valence-electron chi connectivity index (χ1n) is 5.21. The lowest BCUT2D eigenvalue weighted by atomic mass is 9.98. The summed E-state index contributed by atoms with van der Waals surface area (Å²) in [4.78, 5) is 21.4. The predicted molar refractivity (Wildman–Crippen MR) is 66.0 cm³/mol. The van der Waals surface area contributed by atoms with Gasteiger partial charge >= 0.3 is 4.94 Å². The lowest BCUT2D eigenvalue weighted by Crippen LogP contribution is -1.95. The van der Waals surface area contributed by atoms with E-state index >= 15 is 0 Å². The Morgan fingerprint density at radius 2 is 2.29 bits per heavy atom. The number of fused-ring (bicyclic) bond motifs is 1. The van der Waals surface area contributed by atoms with Crippen LogP contribution >= 0.6 is 11.3 Å². The van der Waals surface area contributed by atoms with Gasteiger partial charge in [0.25, 0.3) is 0 Å². The molecule has 1 atom stereocenters. The molecule has 0 saturated carbocycles. The minimum Gasteiger partial charge on any atom is -0.493 e. The number of carbonyl (C=O) groups excluding carboxylic acids is 1. The number of hydrogen-bond donors (Lipinski definition) is 0. The summed E-state index contributed by atoms with van der Waals surface area (Å²) in [7, 11) is 1.53. The van der Waals surface area contributed by atoms with E-state index < -0.39 is 0 Å². The lowest BCUT2D eigenvalue weighted by Gasteiger charge is -2.10. The van der Waals surface area contributed by atoms with Gasteiger partial charge in [-0.3, -0.25) is 0 Å². The molecule has 0 bridgehead atoms. The molecular weight excluding hydrogens is 240 g/mol. The third-order valence-electron chi connectivity index (χ3n) is 2.66. The smallest absolute Gasteiger partial charge is 0.396 e. The van der Waals surface area contributed by atoms with Gasteiger partial charge in [0.2, 0.25) is 0 Å². The maximum atomic E-state index is 11.2. The summed E-state index contributed by atoms with van der Waals surface area (Å²) < 4.78 is 11.0. The molecule has 0 spiro atoms. The molecule has 5 heteroatoms. The van der Waals surface area contributed by atoms with Crippen molar-refractivity contribution in [3.8, 4) is 5.75 Å². The molecule has 1 aromatic carbocycles. The molecule has 0 N–H and O–H groups in total. The fourth-order valence-electron chi connectivity index (χ4n) is 1.68. The highest BCUT2D eigenvalue weighted by molar-refractivity contribution is 7.16. The van der Waals surface area contributed by atoms with E-state index in [0.717, 1.165) is 27.9 Å². The van der Waals surface area contributed by atoms with Crippen LogP contribution in [-0.2, 0) is 4.79 Å². The van der Waals surface area contributed by atoms with Gasteiger partial charge in [-0.05, 0) is 23.6 Å². The molecule has 17 heavy (non-hydrogen) atoms. The first-order chi connectivity index (χ1) is 8.15. The second-order valence-electron chi connectivity index (χ2n) is 3.81. The van der Waals surface area contributed by atoms with Gasteiger partial charge in [0.1, 0.15) is 6.29 Å². The van der Waals surface area contributed by atoms with Crippen molar-refractivity contribution in [3.63, 3.8) is 0 Å². The van der Waals surface area contributed by atoms with Gasteiger partial charge in [-0.25, -0.2) is 4.79 Å². The third kappa shape index (κ3) is 2.24. The number of carbonyl (C=O) groups is 1. The average molecular weight is 252 g/mol. The van der Waals surface area contributed by atoms with Crippen LogP contribution < -0.4 is 9.68 Å². The van der Waals surface area contributed by atoms with Gasteiger partial charge < -0.3 is 13.9 Å². The molecule has 0 aliphatic rings. The lowest BCUT2D eigenvalue weighted by molar-refractivity contribution is -0.108. The van der Waals surface area contributed by atoms with Gasteiger partial charge in [-0.2, -0.15) is 0 Å². The molecule has 0 fully saturated rings. The van der Waals surface area contributed by atoms with Crippen molar-refractivity contribution < 1.29 is 13.9 Å². The third-order valence-corrected chi connectivity index (χ3v) is 3.43. The molecule has 0 saturated heterocycles. The summed E-state index contributed by atoms with van der Waals surface area (Å²) in [6.07, 6.45) is 1.33. The van der Waals surface area contributed by atoms with Crippen LogP contribution in [0.3, 0.4) is 0 Å². The van der Waals surface area contributed by atoms with E-state index in [1.807, 2.05) is 19.1 Å². The highest BCUT2D eigenvalue weighted by atomic mass is 32.1. The summed E-state index contributed by atoms with van der Waals surface area (Å²) in [5.41, 5.74) is 1.45. The van der Waals surface area contributed by atoms with E-state index in [1.165, 1.54) is 7.11 Å². The van der Waals surface area contributed by atoms with Crippen LogP contribution in [0.2, 0.25) is 0 Å². The Balaban J connectivity index is 2.59. The van der Waals surface area contributed by atoms with E-state index in [-0.39, 0.29) is 10.9 Å². The number of benzene rings is 1. The zero-order valence-corrected chi connectivity index (χ0v) is 10.4. The zero-order chi connectivity index (χ0) is 12.4. The maximum Gasteiger partial charge on any atom is 0.396 e. The van der Waals surface area contributed by atoms with E-state index in [1.54, 1.807) is 0 Å². The summed E-state index contributed by atoms with van der Waals surface area (Å²) >= 11 is 1.04. The SMILES string of the molecule is COc1cc(C(C)CC=O)cc2sc(=O)oc12. The van der Waals surface area contributed by atoms with Crippen molar-refractivity contribution in [1.82, 2.24) is 0 Å². The molecule has 1 aromatic heterocycles. The van der Waals surface area contributed by atoms with E-state index in [4.69, 9.17) is 9.15 Å². The van der Waals surface area contributed by atoms with Crippen molar-refractivity contribution in [3.05, 3.63) is 27.4 Å². The molecule has 0 radical (unpaired) electrons. The molecule has 2 rings (SSSR count). The second kappa shape index (κ2) is 4.71. The van der Waals surface area contributed by atoms with E-state index in [9.17, 15) is 9.59 Å². The predicted octanol–water partition coefficient (Wildman–Crippen LogP) is 2.56. The first kappa shape index (κ1) is 11.9. The molecule has 90 valence electrons. The summed E-state index contributed by atoms with van der Waals surface area (Å²) in [6.45, 7) is 1.96. The first-order valence-corrected chi connectivity index (χ1v) is 6.02. The van der Waals surface area contributed by atoms with Gasteiger partial charge in [0, 0.05) is 6.42 Å². The molecule has 1 heterocycles. The van der Waals surface area contributed by atoms with Crippen molar-refractivity contribution in [2.45, 2.75) is 19.3 Å². The highest BCUT2D eigenvalue weighted by Crippen LogP contribution is 2.32. The van der Waals surface area contributed by atoms with Crippen LogP contribution in [0.5, 0.6) is 5.75 Å². The Morgan fingerprint density at radius 1 is 1.53 bits per heavy atom. The summed E-state index contributed by atoms with van der Waals surface area (Å²) in [5.74, 6) is 0.636. The number of methoxy groups -OCH3 is 1. The van der Waals surface area contributed by atoms with Crippen molar-refractivity contribution >= 4 is 27.9 Å². The van der Waals surface area contributed by atoms with Crippen LogP contribution in [-0.4, -0.2) is 13.4 Å². The maximum absolute atomic E-state index is 11.2. The summed E-state index contributed by atoms with van der Waals surface area (Å²) in [6, 6.07) is 3.69. The number of hydrogen-bond acceptors (Lipinski definition) is 5. The van der Waals surface area contributed by atoms with E-state index in [0.29, 0.717) is 17.8 Å². The van der Waals surface area contributed by atoms with Crippen LogP contribution in [0.4, 0.5) is 0 Å². The Morgan fingerprint density at radius 3 is 2.94 bits per heavy atom. The monoisotopic (exact) mass is 252 g/mol. The Labute approximate surface area is 102 Å². The van der Waals surface area contributed by atoms with Crippen molar-refractivity contribution in [2.75, 3.05) is 7.11 Å². The van der Waals surface area contributed by atoms with Gasteiger partial charge in [0.15, 0.2) is 11.3 Å².